The number of oxazole rings is 1. The molecule has 3 N–H and O–H groups in total. The van der Waals surface area contributed by atoms with Crippen LogP contribution in [0.25, 0.3) is 11.3 Å². The maximum Gasteiger partial charge on any atom is 0.259 e. The van der Waals surface area contributed by atoms with Crippen molar-refractivity contribution in [2.24, 2.45) is 5.41 Å². The first kappa shape index (κ1) is 50.5. The van der Waals surface area contributed by atoms with Gasteiger partial charge in [0, 0.05) is 50.6 Å². The van der Waals surface area contributed by atoms with Gasteiger partial charge in [0.2, 0.25) is 17.7 Å². The molecule has 2 aliphatic rings. The minimum absolute atomic E-state index is 0.0207. The molecule has 0 bridgehead atoms. The van der Waals surface area contributed by atoms with Crippen molar-refractivity contribution in [2.45, 2.75) is 97.0 Å². The average Bonchev–Trinajstić information content (AvgIpc) is 4.02. The molecule has 3 heterocycles. The number of carbonyl (C=O) groups excluding carboxylic acids is 4. The fourth-order valence-corrected chi connectivity index (χ4v) is 8.57. The zero-order valence-corrected chi connectivity index (χ0v) is 40.0. The summed E-state index contributed by atoms with van der Waals surface area (Å²) in [5, 5.41) is 26.0. The van der Waals surface area contributed by atoms with E-state index in [0.717, 1.165) is 36.1 Å². The number of amides is 4. The smallest absolute Gasteiger partial charge is 0.259 e. The van der Waals surface area contributed by atoms with Crippen LogP contribution in [0.2, 0.25) is 5.02 Å². The molecule has 4 aromatic rings. The van der Waals surface area contributed by atoms with E-state index in [-0.39, 0.29) is 43.0 Å². The third-order valence-corrected chi connectivity index (χ3v) is 12.2. The van der Waals surface area contributed by atoms with Crippen LogP contribution in [0, 0.1) is 16.7 Å². The number of likely N-dealkylation sites (tertiary alicyclic amines) is 1. The summed E-state index contributed by atoms with van der Waals surface area (Å²) in [5.41, 5.74) is 1.58. The number of halogens is 1. The van der Waals surface area contributed by atoms with Gasteiger partial charge in [-0.05, 0) is 105 Å². The highest BCUT2D eigenvalue weighted by atomic mass is 35.5. The molecule has 2 aliphatic heterocycles. The van der Waals surface area contributed by atoms with Crippen molar-refractivity contribution in [3.8, 4) is 23.1 Å². The largest absolute Gasteiger partial charge is 0.494 e. The molecule has 2 saturated heterocycles. The number of anilines is 2. The Hall–Kier alpha value is -5.90. The van der Waals surface area contributed by atoms with Gasteiger partial charge >= 0.3 is 0 Å². The zero-order chi connectivity index (χ0) is 48.3. The first-order valence-electron chi connectivity index (χ1n) is 22.3. The lowest BCUT2D eigenvalue weighted by molar-refractivity contribution is -0.144. The van der Waals surface area contributed by atoms with Crippen LogP contribution in [-0.2, 0) is 35.2 Å². The van der Waals surface area contributed by atoms with Crippen molar-refractivity contribution < 1.29 is 42.9 Å². The van der Waals surface area contributed by atoms with Crippen molar-refractivity contribution in [1.82, 2.24) is 20.5 Å². The summed E-state index contributed by atoms with van der Waals surface area (Å²) >= 11 is 12.0. The van der Waals surface area contributed by atoms with E-state index in [2.05, 4.69) is 15.6 Å². The van der Waals surface area contributed by atoms with Crippen molar-refractivity contribution in [3.63, 3.8) is 0 Å². The minimum atomic E-state index is -0.963. The number of thiocarbonyl (C=S) groups is 1. The van der Waals surface area contributed by atoms with Crippen LogP contribution in [0.1, 0.15) is 77.8 Å². The molecule has 3 aromatic carbocycles. The summed E-state index contributed by atoms with van der Waals surface area (Å²) in [6, 6.07) is 19.8. The van der Waals surface area contributed by atoms with E-state index in [1.807, 2.05) is 75.4 Å². The fraction of sp³-hybridized carbons (Fsp3) is 0.449. The molecule has 3 atom stereocenters. The standard InChI is InChI=1S/C49H58ClN7O9S/c1-48(2,3)43(45(61)55-29-37(58)25-40(55)44(60)53-27-32-10-12-33(13-11-32)41-28-52-31-66-41)54-42(59)30-64-22-7-6-20-63-21-8-9-23-65-38-18-16-35(17-19-38)57-47(67)56(46(62)49(57,4)5)36-15-14-34(26-51)39(50)24-36/h10-19,24,28,31,37,40,43,58H,6-9,20-23,25,27,29-30H2,1-5H3,(H,53,60)(H,54,59)/t37-,40+,43-/m1/s1. The number of benzene rings is 3. The Kier molecular flexibility index (Phi) is 17.1. The van der Waals surface area contributed by atoms with E-state index in [4.69, 9.17) is 42.4 Å². The number of nitrogens with zero attached hydrogens (tertiary/aromatic N) is 5. The monoisotopic (exact) mass is 955 g/mol. The summed E-state index contributed by atoms with van der Waals surface area (Å²) in [7, 11) is 0. The van der Waals surface area contributed by atoms with Crippen molar-refractivity contribution in [1.29, 1.82) is 5.26 Å². The van der Waals surface area contributed by atoms with E-state index in [1.54, 1.807) is 43.1 Å². The van der Waals surface area contributed by atoms with Crippen LogP contribution in [0.15, 0.2) is 83.7 Å². The lowest BCUT2D eigenvalue weighted by Crippen LogP contribution is -2.58. The molecule has 2 fully saturated rings. The Morgan fingerprint density at radius 2 is 1.64 bits per heavy atom. The summed E-state index contributed by atoms with van der Waals surface area (Å²) in [5.74, 6) is -0.181. The quantitative estimate of drug-likeness (QED) is 0.0600. The van der Waals surface area contributed by atoms with Gasteiger partial charge in [-0.3, -0.25) is 24.1 Å². The van der Waals surface area contributed by atoms with Gasteiger partial charge in [0.25, 0.3) is 5.91 Å². The fourth-order valence-electron chi connectivity index (χ4n) is 7.83. The molecule has 0 aliphatic carbocycles. The molecule has 16 nitrogen and oxygen atoms in total. The van der Waals surface area contributed by atoms with Crippen molar-refractivity contribution in [2.75, 3.05) is 49.4 Å². The van der Waals surface area contributed by atoms with Gasteiger partial charge in [0.15, 0.2) is 17.3 Å². The molecule has 356 valence electrons. The molecule has 67 heavy (non-hydrogen) atoms. The van der Waals surface area contributed by atoms with Crippen LogP contribution in [0.3, 0.4) is 0 Å². The minimum Gasteiger partial charge on any atom is -0.494 e. The molecule has 6 rings (SSSR count). The number of nitriles is 1. The van der Waals surface area contributed by atoms with E-state index in [0.29, 0.717) is 60.7 Å². The normalized spacial score (nSPS) is 17.4. The van der Waals surface area contributed by atoms with Gasteiger partial charge in [-0.1, -0.05) is 56.6 Å². The molecule has 0 radical (unpaired) electrons. The third kappa shape index (κ3) is 12.8. The van der Waals surface area contributed by atoms with E-state index in [9.17, 15) is 29.5 Å². The number of nitrogens with one attached hydrogen (secondary N) is 2. The van der Waals surface area contributed by atoms with Crippen LogP contribution in [0.4, 0.5) is 11.4 Å². The Morgan fingerprint density at radius 1 is 0.985 bits per heavy atom. The number of aromatic nitrogens is 1. The molecule has 18 heteroatoms. The van der Waals surface area contributed by atoms with Gasteiger partial charge in [-0.2, -0.15) is 5.26 Å². The second-order valence-corrected chi connectivity index (χ2v) is 18.8. The van der Waals surface area contributed by atoms with E-state index < -0.39 is 41.0 Å². The molecule has 0 spiro atoms. The van der Waals surface area contributed by atoms with E-state index in [1.165, 1.54) is 16.2 Å². The SMILES string of the molecule is CC(C)(C)[C@H](NC(=O)COCCCCOCCCCOc1ccc(N2C(=S)N(c3ccc(C#N)c(Cl)c3)C(=O)C2(C)C)cc1)C(=O)N1C[C@H](O)C[C@H]1C(=O)NCc1ccc(-c2cnco2)cc1. The van der Waals surface area contributed by atoms with Gasteiger partial charge in [-0.25, -0.2) is 4.98 Å². The Bertz CT molecular complexity index is 2400. The maximum absolute atomic E-state index is 13.9. The number of rotatable bonds is 21. The molecule has 0 unspecified atom stereocenters. The predicted octanol–water partition coefficient (Wildman–Crippen LogP) is 6.56. The van der Waals surface area contributed by atoms with Gasteiger partial charge in [-0.15, -0.1) is 0 Å². The van der Waals surface area contributed by atoms with Gasteiger partial charge in [0.05, 0.1) is 35.2 Å². The summed E-state index contributed by atoms with van der Waals surface area (Å²) in [6.07, 6.45) is 5.19. The Balaban J connectivity index is 0.838. The van der Waals surface area contributed by atoms with Crippen LogP contribution < -0.4 is 25.2 Å². The number of hydrogen-bond donors (Lipinski definition) is 3. The van der Waals surface area contributed by atoms with Crippen molar-refractivity contribution >= 4 is 63.9 Å². The molecular weight excluding hydrogens is 898 g/mol. The Morgan fingerprint density at radius 3 is 2.27 bits per heavy atom. The number of ether oxygens (including phenoxy) is 3. The lowest BCUT2D eigenvalue weighted by atomic mass is 9.85. The number of carbonyl (C=O) groups is 4. The van der Waals surface area contributed by atoms with Crippen LogP contribution in [0.5, 0.6) is 5.75 Å². The maximum atomic E-state index is 13.9. The van der Waals surface area contributed by atoms with Gasteiger partial charge < -0.3 is 44.2 Å². The highest BCUT2D eigenvalue weighted by Crippen LogP contribution is 2.38. The number of aliphatic hydroxyl groups is 1. The van der Waals surface area contributed by atoms with Crippen molar-refractivity contribution in [3.05, 3.63) is 95.5 Å². The molecular formula is C49H58ClN7O9S. The second kappa shape index (κ2) is 22.7. The molecule has 0 saturated carbocycles. The Labute approximate surface area is 401 Å². The topological polar surface area (TPSA) is 200 Å². The number of aliphatic hydroxyl groups excluding tert-OH is 1. The average molecular weight is 957 g/mol. The predicted molar refractivity (Wildman–Crippen MR) is 256 cm³/mol. The lowest BCUT2D eigenvalue weighted by Gasteiger charge is -2.35. The second-order valence-electron chi connectivity index (χ2n) is 18.1. The summed E-state index contributed by atoms with van der Waals surface area (Å²) in [4.78, 5) is 62.3. The molecule has 1 aromatic heterocycles. The molecule has 4 amide bonds. The zero-order valence-electron chi connectivity index (χ0n) is 38.5. The van der Waals surface area contributed by atoms with Gasteiger partial charge in [0.1, 0.15) is 36.0 Å². The highest BCUT2D eigenvalue weighted by molar-refractivity contribution is 7.81. The van der Waals surface area contributed by atoms with Crippen LogP contribution >= 0.6 is 23.8 Å². The first-order chi connectivity index (χ1) is 32.0. The number of unbranched alkanes of at least 4 members (excludes halogenated alkanes) is 2. The highest BCUT2D eigenvalue weighted by Gasteiger charge is 2.50. The summed E-state index contributed by atoms with van der Waals surface area (Å²) < 4.78 is 22.7. The first-order valence-corrected chi connectivity index (χ1v) is 23.1. The summed E-state index contributed by atoms with van der Waals surface area (Å²) in [6.45, 7) is 11.0. The number of β-amino-alcohol motifs (C(OH)–C–C–N with tert-alkyl or cyclic N) is 1. The third-order valence-electron chi connectivity index (χ3n) is 11.5. The number of hydrogen-bond acceptors (Lipinski definition) is 12. The van der Waals surface area contributed by atoms with E-state index >= 15 is 0 Å². The van der Waals surface area contributed by atoms with Crippen LogP contribution in [-0.4, -0.2) is 107 Å².